The van der Waals surface area contributed by atoms with Crippen LogP contribution in [-0.2, 0) is 14.3 Å². The van der Waals surface area contributed by atoms with Gasteiger partial charge in [0.2, 0.25) is 5.91 Å². The zero-order valence-electron chi connectivity index (χ0n) is 62.1. The summed E-state index contributed by atoms with van der Waals surface area (Å²) in [6.07, 6.45) is 105. The largest absolute Gasteiger partial charge is 0.466 e. The number of amides is 1. The fraction of sp³-hybridized carbons (Fsp3) is 0.929. The molecule has 0 aliphatic rings. The first kappa shape index (κ1) is 89.3. The average molecular weight is 1280 g/mol. The SMILES string of the molecule is CCCCCCCC/C=C\CCCCCCCCCCCC(=O)OCCCCCCCCCCCCCCCCCCCCCCCCCCCCCCCCCCCC(=O)NC(CO)C(O)/C=C/CCCCCCCCCCCCCCCCCCCCCC. The number of hydrogen-bond donors (Lipinski definition) is 3. The minimum atomic E-state index is -0.842. The van der Waals surface area contributed by atoms with E-state index in [0.717, 1.165) is 38.5 Å². The van der Waals surface area contributed by atoms with Gasteiger partial charge in [0.15, 0.2) is 0 Å². The predicted octanol–water partition coefficient (Wildman–Crippen LogP) is 28.0. The first-order valence-corrected chi connectivity index (χ1v) is 42.1. The molecule has 1 amide bonds. The molecule has 2 unspecified atom stereocenters. The highest BCUT2D eigenvalue weighted by atomic mass is 16.5. The van der Waals surface area contributed by atoms with Gasteiger partial charge in [-0.3, -0.25) is 9.59 Å². The van der Waals surface area contributed by atoms with E-state index in [1.807, 2.05) is 6.08 Å². The number of unbranched alkanes of at least 4 members (excludes halogenated alkanes) is 67. The van der Waals surface area contributed by atoms with Gasteiger partial charge in [-0.1, -0.05) is 436 Å². The number of nitrogens with one attached hydrogen (secondary N) is 1. The van der Waals surface area contributed by atoms with E-state index < -0.39 is 12.1 Å². The first-order valence-electron chi connectivity index (χ1n) is 42.1. The number of ether oxygens (including phenoxy) is 1. The van der Waals surface area contributed by atoms with E-state index in [2.05, 4.69) is 31.3 Å². The summed E-state index contributed by atoms with van der Waals surface area (Å²) in [5.74, 6) is -0.0355. The maximum atomic E-state index is 12.6. The lowest BCUT2D eigenvalue weighted by atomic mass is 10.0. The van der Waals surface area contributed by atoms with Crippen molar-refractivity contribution in [2.45, 2.75) is 495 Å². The second-order valence-corrected chi connectivity index (χ2v) is 29.2. The Morgan fingerprint density at radius 3 is 0.780 bits per heavy atom. The molecule has 0 aliphatic heterocycles. The van der Waals surface area contributed by atoms with E-state index in [1.165, 1.54) is 417 Å². The summed E-state index contributed by atoms with van der Waals surface area (Å²) in [7, 11) is 0. The summed E-state index contributed by atoms with van der Waals surface area (Å²) in [5.41, 5.74) is 0. The van der Waals surface area contributed by atoms with Crippen molar-refractivity contribution in [2.75, 3.05) is 13.2 Å². The van der Waals surface area contributed by atoms with E-state index >= 15 is 0 Å². The fourth-order valence-corrected chi connectivity index (χ4v) is 13.6. The van der Waals surface area contributed by atoms with Crippen molar-refractivity contribution in [1.29, 1.82) is 0 Å². The quantitative estimate of drug-likeness (QED) is 0.0320. The summed E-state index contributed by atoms with van der Waals surface area (Å²) >= 11 is 0. The van der Waals surface area contributed by atoms with Crippen LogP contribution in [0, 0.1) is 0 Å². The van der Waals surface area contributed by atoms with E-state index in [4.69, 9.17) is 4.74 Å². The third kappa shape index (κ3) is 77.2. The number of allylic oxidation sites excluding steroid dienone is 3. The van der Waals surface area contributed by atoms with Gasteiger partial charge in [0.25, 0.3) is 0 Å². The molecule has 0 aromatic rings. The molecule has 0 saturated heterocycles. The summed E-state index contributed by atoms with van der Waals surface area (Å²) in [6, 6.07) is -0.625. The second-order valence-electron chi connectivity index (χ2n) is 29.2. The molecule has 6 heteroatoms. The van der Waals surface area contributed by atoms with Crippen molar-refractivity contribution in [3.05, 3.63) is 24.3 Å². The summed E-state index contributed by atoms with van der Waals surface area (Å²) < 4.78 is 5.52. The Labute approximate surface area is 571 Å². The molecule has 0 rings (SSSR count). The van der Waals surface area contributed by atoms with Crippen molar-refractivity contribution >= 4 is 11.9 Å². The Bertz CT molecular complexity index is 1430. The summed E-state index contributed by atoms with van der Waals surface area (Å²) in [6.45, 7) is 4.96. The van der Waals surface area contributed by atoms with Gasteiger partial charge in [-0.15, -0.1) is 0 Å². The third-order valence-electron chi connectivity index (χ3n) is 20.0. The lowest BCUT2D eigenvalue weighted by Crippen LogP contribution is -2.45. The van der Waals surface area contributed by atoms with Crippen LogP contribution in [0.2, 0.25) is 0 Å². The Kier molecular flexibility index (Phi) is 79.3. The van der Waals surface area contributed by atoms with Crippen molar-refractivity contribution in [3.63, 3.8) is 0 Å². The molecule has 0 aromatic carbocycles. The highest BCUT2D eigenvalue weighted by molar-refractivity contribution is 5.76. The highest BCUT2D eigenvalue weighted by Crippen LogP contribution is 2.21. The topological polar surface area (TPSA) is 95.9 Å². The fourth-order valence-electron chi connectivity index (χ4n) is 13.6. The zero-order chi connectivity index (χ0) is 65.6. The molecule has 0 spiro atoms. The van der Waals surface area contributed by atoms with Crippen LogP contribution in [0.4, 0.5) is 0 Å². The molecule has 0 saturated carbocycles. The molecule has 3 N–H and O–H groups in total. The van der Waals surface area contributed by atoms with Gasteiger partial charge in [0.05, 0.1) is 25.4 Å². The molecule has 0 heterocycles. The Morgan fingerprint density at radius 1 is 0.297 bits per heavy atom. The second kappa shape index (κ2) is 80.8. The minimum absolute atomic E-state index is 0.0223. The predicted molar refractivity (Wildman–Crippen MR) is 403 cm³/mol. The molecular formula is C85H165NO5. The Balaban J connectivity index is 3.33. The van der Waals surface area contributed by atoms with Crippen molar-refractivity contribution in [3.8, 4) is 0 Å². The maximum absolute atomic E-state index is 12.6. The van der Waals surface area contributed by atoms with Crippen molar-refractivity contribution in [2.24, 2.45) is 0 Å². The normalized spacial score (nSPS) is 12.5. The van der Waals surface area contributed by atoms with Crippen LogP contribution in [0.1, 0.15) is 483 Å². The average Bonchev–Trinajstić information content (AvgIpc) is 3.58. The highest BCUT2D eigenvalue weighted by Gasteiger charge is 2.18. The number of rotatable bonds is 80. The minimum Gasteiger partial charge on any atom is -0.466 e. The van der Waals surface area contributed by atoms with Crippen molar-refractivity contribution < 1.29 is 24.5 Å². The Morgan fingerprint density at radius 2 is 0.516 bits per heavy atom. The molecule has 0 fully saturated rings. The van der Waals surface area contributed by atoms with E-state index in [0.29, 0.717) is 19.4 Å². The van der Waals surface area contributed by atoms with Crippen LogP contribution in [-0.4, -0.2) is 47.4 Å². The van der Waals surface area contributed by atoms with Gasteiger partial charge in [0, 0.05) is 12.8 Å². The molecule has 6 nitrogen and oxygen atoms in total. The number of aliphatic hydroxyl groups excluding tert-OH is 2. The molecule has 540 valence electrons. The van der Waals surface area contributed by atoms with Crippen LogP contribution in [0.15, 0.2) is 24.3 Å². The molecule has 0 radical (unpaired) electrons. The van der Waals surface area contributed by atoms with Crippen LogP contribution < -0.4 is 5.32 Å². The van der Waals surface area contributed by atoms with Gasteiger partial charge in [-0.05, 0) is 57.8 Å². The number of carbonyl (C=O) groups is 2. The summed E-state index contributed by atoms with van der Waals surface area (Å²) in [4.78, 5) is 24.7. The zero-order valence-corrected chi connectivity index (χ0v) is 62.1. The van der Waals surface area contributed by atoms with E-state index in [1.54, 1.807) is 6.08 Å². The number of carbonyl (C=O) groups excluding carboxylic acids is 2. The molecule has 91 heavy (non-hydrogen) atoms. The molecular weight excluding hydrogens is 1110 g/mol. The van der Waals surface area contributed by atoms with Crippen molar-refractivity contribution in [1.82, 2.24) is 5.32 Å². The molecule has 0 aliphatic carbocycles. The standard InChI is InChI=1S/C85H165NO5/c1-3-5-7-9-11-13-15-17-19-21-23-24-38-42-45-49-53-57-61-65-69-73-77-83(88)82(81-87)86-84(89)78-74-70-66-62-58-54-50-46-43-39-36-34-32-30-28-26-25-27-29-31-33-35-37-40-44-48-52-56-60-64-68-72-76-80-91-85(90)79-75-71-67-63-59-55-51-47-41-22-20-18-16-14-12-10-8-6-4-2/h18,20,73,77,82-83,87-88H,3-17,19,21-72,74-76,78-81H2,1-2H3,(H,86,89)/b20-18-,77-73+. The van der Waals surface area contributed by atoms with Crippen LogP contribution in [0.3, 0.4) is 0 Å². The smallest absolute Gasteiger partial charge is 0.305 e. The van der Waals surface area contributed by atoms with Gasteiger partial charge in [-0.2, -0.15) is 0 Å². The van der Waals surface area contributed by atoms with E-state index in [9.17, 15) is 19.8 Å². The first-order chi connectivity index (χ1) is 45.0. The van der Waals surface area contributed by atoms with Crippen LogP contribution >= 0.6 is 0 Å². The van der Waals surface area contributed by atoms with Gasteiger partial charge >= 0.3 is 5.97 Å². The maximum Gasteiger partial charge on any atom is 0.305 e. The van der Waals surface area contributed by atoms with Gasteiger partial charge in [-0.25, -0.2) is 0 Å². The lowest BCUT2D eigenvalue weighted by Gasteiger charge is -2.20. The van der Waals surface area contributed by atoms with Gasteiger partial charge < -0.3 is 20.3 Å². The van der Waals surface area contributed by atoms with E-state index in [-0.39, 0.29) is 18.5 Å². The molecule has 2 atom stereocenters. The lowest BCUT2D eigenvalue weighted by molar-refractivity contribution is -0.143. The number of aliphatic hydroxyl groups is 2. The summed E-state index contributed by atoms with van der Waals surface area (Å²) in [5, 5.41) is 23.3. The monoisotopic (exact) mass is 1280 g/mol. The van der Waals surface area contributed by atoms with Crippen LogP contribution in [0.5, 0.6) is 0 Å². The number of hydrogen-bond acceptors (Lipinski definition) is 5. The van der Waals surface area contributed by atoms with Crippen LogP contribution in [0.25, 0.3) is 0 Å². The molecule has 0 aromatic heterocycles. The number of esters is 1. The Hall–Kier alpha value is -1.66. The van der Waals surface area contributed by atoms with Gasteiger partial charge in [0.1, 0.15) is 0 Å². The molecule has 0 bridgehead atoms. The third-order valence-corrected chi connectivity index (χ3v) is 20.0.